The van der Waals surface area contributed by atoms with Crippen LogP contribution in [0.4, 0.5) is 5.82 Å². The molecule has 0 aromatic carbocycles. The maximum Gasteiger partial charge on any atom is 0.239 e. The first-order valence-corrected chi connectivity index (χ1v) is 9.34. The number of aromatic nitrogens is 3. The van der Waals surface area contributed by atoms with Crippen LogP contribution < -0.4 is 5.32 Å². The molecule has 4 heterocycles. The summed E-state index contributed by atoms with van der Waals surface area (Å²) < 4.78 is 0. The Kier molecular flexibility index (Phi) is 4.67. The lowest BCUT2D eigenvalue weighted by atomic mass is 10.1. The second kappa shape index (κ2) is 7.25. The first-order valence-electron chi connectivity index (χ1n) is 8.46. The summed E-state index contributed by atoms with van der Waals surface area (Å²) in [4.78, 5) is 28.6. The van der Waals surface area contributed by atoms with Gasteiger partial charge in [-0.2, -0.15) is 0 Å². The molecule has 3 aromatic rings. The van der Waals surface area contributed by atoms with Gasteiger partial charge in [-0.25, -0.2) is 9.97 Å². The minimum atomic E-state index is -0.0210. The average molecular weight is 353 g/mol. The molecular formula is C18H19N5OS. The molecule has 7 heteroatoms. The highest BCUT2D eigenvalue weighted by Gasteiger charge is 2.14. The summed E-state index contributed by atoms with van der Waals surface area (Å²) in [6, 6.07) is 5.78. The molecule has 1 N–H and O–H groups in total. The summed E-state index contributed by atoms with van der Waals surface area (Å²) >= 11 is 1.55. The summed E-state index contributed by atoms with van der Waals surface area (Å²) in [6.07, 6.45) is 7.16. The lowest BCUT2D eigenvalue weighted by Crippen LogP contribution is -2.36. The van der Waals surface area contributed by atoms with Gasteiger partial charge in [-0.05, 0) is 38.1 Å². The number of rotatable bonds is 4. The van der Waals surface area contributed by atoms with Crippen LogP contribution in [-0.2, 0) is 4.79 Å². The molecule has 25 heavy (non-hydrogen) atoms. The Labute approximate surface area is 149 Å². The fourth-order valence-electron chi connectivity index (χ4n) is 3.07. The lowest BCUT2D eigenvalue weighted by Gasteiger charge is -2.25. The molecule has 0 atom stereocenters. The van der Waals surface area contributed by atoms with E-state index in [2.05, 4.69) is 25.2 Å². The zero-order valence-electron chi connectivity index (χ0n) is 13.8. The molecule has 3 aromatic heterocycles. The molecule has 0 unspecified atom stereocenters. The normalized spacial score (nSPS) is 15.4. The van der Waals surface area contributed by atoms with E-state index in [0.717, 1.165) is 34.6 Å². The van der Waals surface area contributed by atoms with Crippen molar-refractivity contribution in [3.63, 3.8) is 0 Å². The Morgan fingerprint density at radius 3 is 2.88 bits per heavy atom. The van der Waals surface area contributed by atoms with Gasteiger partial charge in [-0.15, -0.1) is 11.3 Å². The fraction of sp³-hybridized carbons (Fsp3) is 0.333. The molecule has 1 aliphatic rings. The van der Waals surface area contributed by atoms with Crippen LogP contribution in [0.3, 0.4) is 0 Å². The molecule has 1 fully saturated rings. The molecule has 1 aliphatic heterocycles. The number of piperidine rings is 1. The number of hydrogen-bond donors (Lipinski definition) is 1. The number of nitrogens with one attached hydrogen (secondary N) is 1. The number of carbonyl (C=O) groups excluding carboxylic acids is 1. The number of nitrogens with zero attached hydrogens (tertiary/aromatic N) is 4. The third kappa shape index (κ3) is 3.83. The van der Waals surface area contributed by atoms with Crippen molar-refractivity contribution >= 4 is 34.0 Å². The summed E-state index contributed by atoms with van der Waals surface area (Å²) in [7, 11) is 0. The molecule has 128 valence electrons. The van der Waals surface area contributed by atoms with Crippen LogP contribution in [-0.4, -0.2) is 45.4 Å². The van der Waals surface area contributed by atoms with Crippen molar-refractivity contribution in [1.82, 2.24) is 19.9 Å². The number of thiazole rings is 1. The molecule has 0 radical (unpaired) electrons. The summed E-state index contributed by atoms with van der Waals surface area (Å²) in [5.74, 6) is 0.524. The number of anilines is 1. The summed E-state index contributed by atoms with van der Waals surface area (Å²) in [6.45, 7) is 2.42. The quantitative estimate of drug-likeness (QED) is 0.780. The zero-order valence-corrected chi connectivity index (χ0v) is 14.6. The molecule has 4 rings (SSSR count). The number of fused-ring (bicyclic) bond motifs is 1. The van der Waals surface area contributed by atoms with Gasteiger partial charge in [0.1, 0.15) is 5.82 Å². The van der Waals surface area contributed by atoms with E-state index >= 15 is 0 Å². The second-order valence-corrected chi connectivity index (χ2v) is 7.10. The number of carbonyl (C=O) groups is 1. The smallest absolute Gasteiger partial charge is 0.239 e. The second-order valence-electron chi connectivity index (χ2n) is 6.21. The van der Waals surface area contributed by atoms with Crippen molar-refractivity contribution in [1.29, 1.82) is 0 Å². The van der Waals surface area contributed by atoms with Gasteiger partial charge < -0.3 is 5.32 Å². The molecule has 6 nitrogen and oxygen atoms in total. The maximum atomic E-state index is 12.3. The summed E-state index contributed by atoms with van der Waals surface area (Å²) in [5.41, 5.74) is 3.49. The van der Waals surface area contributed by atoms with Crippen LogP contribution in [0.15, 0.2) is 36.1 Å². The van der Waals surface area contributed by atoms with E-state index in [1.165, 1.54) is 19.3 Å². The first kappa shape index (κ1) is 16.1. The van der Waals surface area contributed by atoms with Gasteiger partial charge in [0.25, 0.3) is 0 Å². The molecule has 0 aliphatic carbocycles. The monoisotopic (exact) mass is 353 g/mol. The van der Waals surface area contributed by atoms with Crippen molar-refractivity contribution in [2.75, 3.05) is 25.0 Å². The van der Waals surface area contributed by atoms with Crippen LogP contribution in [0.5, 0.6) is 0 Å². The van der Waals surface area contributed by atoms with Gasteiger partial charge in [0, 0.05) is 23.8 Å². The van der Waals surface area contributed by atoms with Gasteiger partial charge >= 0.3 is 0 Å². The molecule has 0 bridgehead atoms. The van der Waals surface area contributed by atoms with Crippen molar-refractivity contribution < 1.29 is 4.79 Å². The van der Waals surface area contributed by atoms with Crippen LogP contribution in [0.1, 0.15) is 19.3 Å². The van der Waals surface area contributed by atoms with E-state index in [1.54, 1.807) is 29.2 Å². The first-order chi connectivity index (χ1) is 12.3. The van der Waals surface area contributed by atoms with E-state index in [-0.39, 0.29) is 5.91 Å². The maximum absolute atomic E-state index is 12.3. The highest BCUT2D eigenvalue weighted by atomic mass is 32.1. The lowest BCUT2D eigenvalue weighted by molar-refractivity contribution is -0.117. The van der Waals surface area contributed by atoms with Gasteiger partial charge in [0.05, 0.1) is 28.1 Å². The highest BCUT2D eigenvalue weighted by molar-refractivity contribution is 7.13. The Bertz CT molecular complexity index is 874. The Morgan fingerprint density at radius 1 is 1.20 bits per heavy atom. The van der Waals surface area contributed by atoms with Crippen LogP contribution in [0, 0.1) is 0 Å². The SMILES string of the molecule is O=C(CN1CCCCC1)Nc1cc2nc(-c3cncs3)ccc2cn1. The van der Waals surface area contributed by atoms with Crippen molar-refractivity contribution in [3.05, 3.63) is 36.1 Å². The average Bonchev–Trinajstić information content (AvgIpc) is 3.16. The van der Waals surface area contributed by atoms with Crippen molar-refractivity contribution in [2.45, 2.75) is 19.3 Å². The molecule has 1 saturated heterocycles. The Hall–Kier alpha value is -2.38. The standard InChI is InChI=1S/C18H19N5OS/c24-18(11-23-6-2-1-3-7-23)22-17-8-15-13(9-20-17)4-5-14(21-15)16-10-19-12-25-16/h4-5,8-10,12H,1-3,6-7,11H2,(H,20,22,24). The minimum Gasteiger partial charge on any atom is -0.310 e. The van der Waals surface area contributed by atoms with Gasteiger partial charge in [0.2, 0.25) is 5.91 Å². The topological polar surface area (TPSA) is 71.0 Å². The summed E-state index contributed by atoms with van der Waals surface area (Å²) in [5, 5.41) is 3.84. The van der Waals surface area contributed by atoms with Gasteiger partial charge in [-0.1, -0.05) is 6.42 Å². The van der Waals surface area contributed by atoms with Crippen molar-refractivity contribution in [2.24, 2.45) is 0 Å². The van der Waals surface area contributed by atoms with Gasteiger partial charge in [-0.3, -0.25) is 14.7 Å². The molecule has 1 amide bonds. The minimum absolute atomic E-state index is 0.0210. The largest absolute Gasteiger partial charge is 0.310 e. The number of amides is 1. The third-order valence-electron chi connectivity index (χ3n) is 4.34. The predicted octanol–water partition coefficient (Wildman–Crippen LogP) is 3.18. The predicted molar refractivity (Wildman–Crippen MR) is 99.6 cm³/mol. The third-order valence-corrected chi connectivity index (χ3v) is 5.14. The number of pyridine rings is 2. The fourth-order valence-corrected chi connectivity index (χ4v) is 3.66. The highest BCUT2D eigenvalue weighted by Crippen LogP contribution is 2.24. The van der Waals surface area contributed by atoms with E-state index in [0.29, 0.717) is 12.4 Å². The molecule has 0 saturated carbocycles. The molecular weight excluding hydrogens is 334 g/mol. The van der Waals surface area contributed by atoms with Crippen LogP contribution in [0.25, 0.3) is 21.5 Å². The van der Waals surface area contributed by atoms with Crippen LogP contribution in [0.2, 0.25) is 0 Å². The van der Waals surface area contributed by atoms with E-state index in [1.807, 2.05) is 18.2 Å². The Morgan fingerprint density at radius 2 is 2.08 bits per heavy atom. The van der Waals surface area contributed by atoms with E-state index in [4.69, 9.17) is 0 Å². The number of likely N-dealkylation sites (tertiary alicyclic amines) is 1. The van der Waals surface area contributed by atoms with Crippen molar-refractivity contribution in [3.8, 4) is 10.6 Å². The van der Waals surface area contributed by atoms with E-state index in [9.17, 15) is 4.79 Å². The molecule has 0 spiro atoms. The van der Waals surface area contributed by atoms with Crippen LogP contribution >= 0.6 is 11.3 Å². The Balaban J connectivity index is 1.50. The van der Waals surface area contributed by atoms with Gasteiger partial charge in [0.15, 0.2) is 0 Å². The van der Waals surface area contributed by atoms with E-state index < -0.39 is 0 Å². The number of hydrogen-bond acceptors (Lipinski definition) is 6. The zero-order chi connectivity index (χ0) is 17.1.